The van der Waals surface area contributed by atoms with Gasteiger partial charge in [0.2, 0.25) is 0 Å². The van der Waals surface area contributed by atoms with Crippen molar-refractivity contribution in [3.63, 3.8) is 0 Å². The third-order valence-electron chi connectivity index (χ3n) is 3.36. The van der Waals surface area contributed by atoms with Crippen molar-refractivity contribution < 1.29 is 5.11 Å². The summed E-state index contributed by atoms with van der Waals surface area (Å²) in [6.45, 7) is 6.38. The zero-order valence-electron chi connectivity index (χ0n) is 11.2. The van der Waals surface area contributed by atoms with E-state index in [1.165, 1.54) is 0 Å². The number of nitrogens with two attached hydrogens (primary N) is 1. The third kappa shape index (κ3) is 2.91. The molecule has 1 atom stereocenters. The Balaban J connectivity index is 2.97. The minimum atomic E-state index is -0.151. The van der Waals surface area contributed by atoms with Crippen LogP contribution < -0.4 is 11.1 Å². The smallest absolute Gasteiger partial charge is 0.148 e. The molecule has 1 heterocycles. The molecule has 0 saturated carbocycles. The third-order valence-corrected chi connectivity index (χ3v) is 3.36. The Morgan fingerprint density at radius 1 is 1.47 bits per heavy atom. The number of aryl methyl sites for hydroxylation is 2. The van der Waals surface area contributed by atoms with Crippen molar-refractivity contribution in [2.24, 2.45) is 7.05 Å². The van der Waals surface area contributed by atoms with Gasteiger partial charge in [0.25, 0.3) is 0 Å². The fraction of sp³-hybridized carbons (Fsp3) is 0.750. The number of nitrogens with one attached hydrogen (secondary N) is 1. The molecule has 0 amide bonds. The molecule has 0 aliphatic carbocycles. The number of aliphatic hydroxyl groups excluding tert-OH is 1. The monoisotopic (exact) mass is 240 g/mol. The van der Waals surface area contributed by atoms with E-state index in [2.05, 4.69) is 24.3 Å². The number of aliphatic hydroxyl groups is 1. The molecular weight excluding hydrogens is 216 g/mol. The van der Waals surface area contributed by atoms with Gasteiger partial charge in [0.15, 0.2) is 0 Å². The second-order valence-electron chi connectivity index (χ2n) is 4.70. The maximum absolute atomic E-state index is 9.11. The van der Waals surface area contributed by atoms with Crippen molar-refractivity contribution in [1.82, 2.24) is 9.78 Å². The lowest BCUT2D eigenvalue weighted by atomic mass is 9.95. The van der Waals surface area contributed by atoms with Crippen molar-refractivity contribution in [2.45, 2.75) is 45.6 Å². The summed E-state index contributed by atoms with van der Waals surface area (Å²) in [5.74, 6) is 0.847. The lowest BCUT2D eigenvalue weighted by Gasteiger charge is -2.30. The molecule has 0 aromatic carbocycles. The summed E-state index contributed by atoms with van der Waals surface area (Å²) in [7, 11) is 1.88. The molecular formula is C12H24N4O. The van der Waals surface area contributed by atoms with E-state index in [4.69, 9.17) is 10.8 Å². The van der Waals surface area contributed by atoms with Crippen molar-refractivity contribution in [3.05, 3.63) is 5.69 Å². The summed E-state index contributed by atoms with van der Waals surface area (Å²) in [5, 5.41) is 16.9. The fourth-order valence-corrected chi connectivity index (χ4v) is 1.87. The molecule has 0 fully saturated rings. The average Bonchev–Trinajstić information content (AvgIpc) is 2.57. The highest BCUT2D eigenvalue weighted by molar-refractivity contribution is 5.65. The zero-order valence-corrected chi connectivity index (χ0v) is 11.2. The largest absolute Gasteiger partial charge is 0.396 e. The van der Waals surface area contributed by atoms with Crippen LogP contribution in [0.25, 0.3) is 0 Å². The highest BCUT2D eigenvalue weighted by atomic mass is 16.3. The van der Waals surface area contributed by atoms with Gasteiger partial charge in [-0.25, -0.2) is 0 Å². The van der Waals surface area contributed by atoms with Crippen LogP contribution in [0.1, 0.15) is 39.3 Å². The Hall–Kier alpha value is -1.23. The topological polar surface area (TPSA) is 76.1 Å². The van der Waals surface area contributed by atoms with Crippen LogP contribution >= 0.6 is 0 Å². The van der Waals surface area contributed by atoms with Gasteiger partial charge in [0, 0.05) is 19.2 Å². The molecule has 4 N–H and O–H groups in total. The first-order chi connectivity index (χ1) is 7.97. The molecule has 1 unspecified atom stereocenters. The van der Waals surface area contributed by atoms with Crippen LogP contribution in [0.3, 0.4) is 0 Å². The quantitative estimate of drug-likeness (QED) is 0.705. The van der Waals surface area contributed by atoms with Gasteiger partial charge in [-0.3, -0.25) is 4.68 Å². The van der Waals surface area contributed by atoms with Crippen LogP contribution in [0.4, 0.5) is 11.5 Å². The van der Waals surface area contributed by atoms with Gasteiger partial charge < -0.3 is 16.2 Å². The van der Waals surface area contributed by atoms with E-state index in [-0.39, 0.29) is 12.1 Å². The van der Waals surface area contributed by atoms with Crippen LogP contribution in [0.15, 0.2) is 0 Å². The molecule has 0 bridgehead atoms. The van der Waals surface area contributed by atoms with E-state index in [0.717, 1.165) is 24.4 Å². The van der Waals surface area contributed by atoms with E-state index in [1.807, 2.05) is 14.0 Å². The summed E-state index contributed by atoms with van der Waals surface area (Å²) in [6, 6.07) is 0. The lowest BCUT2D eigenvalue weighted by Crippen LogP contribution is -2.36. The Kier molecular flexibility index (Phi) is 4.40. The second kappa shape index (κ2) is 5.40. The highest BCUT2D eigenvalue weighted by Gasteiger charge is 2.24. The van der Waals surface area contributed by atoms with Crippen LogP contribution in [0.5, 0.6) is 0 Å². The number of anilines is 2. The molecule has 0 saturated heterocycles. The molecule has 5 nitrogen and oxygen atoms in total. The summed E-state index contributed by atoms with van der Waals surface area (Å²) in [6.07, 6.45) is 2.43. The number of hydrogen-bond acceptors (Lipinski definition) is 4. The fourth-order valence-electron chi connectivity index (χ4n) is 1.87. The Morgan fingerprint density at radius 2 is 2.12 bits per heavy atom. The summed E-state index contributed by atoms with van der Waals surface area (Å²) in [5.41, 5.74) is 7.54. The minimum absolute atomic E-state index is 0.151. The molecule has 17 heavy (non-hydrogen) atoms. The molecule has 98 valence electrons. The standard InChI is InChI=1S/C12H24N4O/c1-5-9-10(13)11(16(4)15-9)14-12(3,6-2)7-8-17/h14,17H,5-8,13H2,1-4H3. The SMILES string of the molecule is CCc1nn(C)c(NC(C)(CC)CCO)c1N. The maximum Gasteiger partial charge on any atom is 0.148 e. The van der Waals surface area contributed by atoms with Gasteiger partial charge in [-0.15, -0.1) is 0 Å². The van der Waals surface area contributed by atoms with Gasteiger partial charge in [-0.2, -0.15) is 5.10 Å². The predicted octanol–water partition coefficient (Wildman–Crippen LogP) is 1.53. The highest BCUT2D eigenvalue weighted by Crippen LogP contribution is 2.28. The lowest BCUT2D eigenvalue weighted by molar-refractivity contribution is 0.251. The van der Waals surface area contributed by atoms with E-state index in [0.29, 0.717) is 12.1 Å². The predicted molar refractivity (Wildman–Crippen MR) is 71.0 cm³/mol. The normalized spacial score (nSPS) is 14.6. The summed E-state index contributed by atoms with van der Waals surface area (Å²) in [4.78, 5) is 0. The van der Waals surface area contributed by atoms with Crippen LogP contribution in [0.2, 0.25) is 0 Å². The molecule has 0 aliphatic rings. The molecule has 0 spiro atoms. The average molecular weight is 240 g/mol. The Bertz CT molecular complexity index is 375. The van der Waals surface area contributed by atoms with Gasteiger partial charge in [0.1, 0.15) is 5.82 Å². The van der Waals surface area contributed by atoms with Gasteiger partial charge >= 0.3 is 0 Å². The summed E-state index contributed by atoms with van der Waals surface area (Å²) >= 11 is 0. The first-order valence-corrected chi connectivity index (χ1v) is 6.17. The molecule has 0 radical (unpaired) electrons. The minimum Gasteiger partial charge on any atom is -0.396 e. The van der Waals surface area contributed by atoms with Gasteiger partial charge in [-0.05, 0) is 26.2 Å². The first-order valence-electron chi connectivity index (χ1n) is 6.17. The van der Waals surface area contributed by atoms with Crippen molar-refractivity contribution in [2.75, 3.05) is 17.7 Å². The van der Waals surface area contributed by atoms with E-state index in [9.17, 15) is 0 Å². The molecule has 1 aromatic heterocycles. The maximum atomic E-state index is 9.11. The van der Waals surface area contributed by atoms with Crippen molar-refractivity contribution >= 4 is 11.5 Å². The van der Waals surface area contributed by atoms with E-state index >= 15 is 0 Å². The van der Waals surface area contributed by atoms with Gasteiger partial charge in [0.05, 0.1) is 11.4 Å². The van der Waals surface area contributed by atoms with Crippen molar-refractivity contribution in [1.29, 1.82) is 0 Å². The number of hydrogen-bond donors (Lipinski definition) is 3. The molecule has 5 heteroatoms. The first kappa shape index (κ1) is 13.8. The van der Waals surface area contributed by atoms with Gasteiger partial charge in [-0.1, -0.05) is 13.8 Å². The Morgan fingerprint density at radius 3 is 2.53 bits per heavy atom. The van der Waals surface area contributed by atoms with Crippen molar-refractivity contribution in [3.8, 4) is 0 Å². The number of nitrogens with zero attached hydrogens (tertiary/aromatic N) is 2. The number of rotatable bonds is 6. The van der Waals surface area contributed by atoms with Crippen LogP contribution in [0, 0.1) is 0 Å². The Labute approximate surface area is 103 Å². The zero-order chi connectivity index (χ0) is 13.1. The van der Waals surface area contributed by atoms with Crippen LogP contribution in [-0.4, -0.2) is 27.0 Å². The number of aromatic nitrogens is 2. The van der Waals surface area contributed by atoms with E-state index < -0.39 is 0 Å². The summed E-state index contributed by atoms with van der Waals surface area (Å²) < 4.78 is 1.78. The van der Waals surface area contributed by atoms with E-state index in [1.54, 1.807) is 4.68 Å². The molecule has 1 aromatic rings. The molecule has 1 rings (SSSR count). The second-order valence-corrected chi connectivity index (χ2v) is 4.70. The number of nitrogen functional groups attached to an aromatic ring is 1. The molecule has 0 aliphatic heterocycles. The van der Waals surface area contributed by atoms with Crippen LogP contribution in [-0.2, 0) is 13.5 Å².